The highest BCUT2D eigenvalue weighted by atomic mass is 16.5. The van der Waals surface area contributed by atoms with Gasteiger partial charge in [-0.05, 0) is 24.1 Å². The summed E-state index contributed by atoms with van der Waals surface area (Å²) in [6, 6.07) is 9.65. The lowest BCUT2D eigenvalue weighted by Crippen LogP contribution is -2.52. The van der Waals surface area contributed by atoms with Crippen molar-refractivity contribution in [2.45, 2.75) is 32.9 Å². The quantitative estimate of drug-likeness (QED) is 0.392. The molecule has 3 rings (SSSR count). The van der Waals surface area contributed by atoms with Crippen molar-refractivity contribution in [3.05, 3.63) is 53.4 Å². The predicted molar refractivity (Wildman–Crippen MR) is 117 cm³/mol. The maximum Gasteiger partial charge on any atom is 0.251 e. The maximum atomic E-state index is 12.1. The number of carbonyl (C=O) groups excluding carboxylic acids is 1. The van der Waals surface area contributed by atoms with Crippen LogP contribution in [0.4, 0.5) is 0 Å². The topological polar surface area (TPSA) is 86.0 Å². The Kier molecular flexibility index (Phi) is 8.26. The minimum atomic E-state index is -0.0118. The lowest BCUT2D eigenvalue weighted by molar-refractivity contribution is 0.0953. The number of aromatic nitrogens is 1. The van der Waals surface area contributed by atoms with Crippen molar-refractivity contribution in [3.63, 3.8) is 0 Å². The van der Waals surface area contributed by atoms with Gasteiger partial charge in [0.05, 0.1) is 5.69 Å². The zero-order valence-corrected chi connectivity index (χ0v) is 17.9. The highest BCUT2D eigenvalue weighted by Gasteiger charge is 2.20. The largest absolute Gasteiger partial charge is 0.364 e. The van der Waals surface area contributed by atoms with E-state index in [1.165, 1.54) is 0 Å². The van der Waals surface area contributed by atoms with Crippen LogP contribution in [-0.2, 0) is 13.1 Å². The molecule has 8 heteroatoms. The number of rotatable bonds is 8. The van der Waals surface area contributed by atoms with Crippen LogP contribution in [0.3, 0.4) is 0 Å². The molecule has 1 aromatic carbocycles. The molecule has 1 aliphatic rings. The minimum Gasteiger partial charge on any atom is -0.364 e. The van der Waals surface area contributed by atoms with Crippen LogP contribution < -0.4 is 10.6 Å². The molecule has 8 nitrogen and oxygen atoms in total. The van der Waals surface area contributed by atoms with E-state index in [-0.39, 0.29) is 5.91 Å². The highest BCUT2D eigenvalue weighted by molar-refractivity contribution is 5.94. The first kappa shape index (κ1) is 21.8. The third kappa shape index (κ3) is 6.32. The van der Waals surface area contributed by atoms with Gasteiger partial charge < -0.3 is 20.1 Å². The fourth-order valence-electron chi connectivity index (χ4n) is 3.43. The van der Waals surface area contributed by atoms with Crippen LogP contribution in [-0.4, -0.2) is 66.6 Å². The number of unbranched alkanes of at least 4 members (excludes halogenated alkanes) is 1. The molecule has 0 atom stereocenters. The van der Waals surface area contributed by atoms with Gasteiger partial charge in [-0.15, -0.1) is 0 Å². The number of carbonyl (C=O) groups is 1. The number of hydrogen-bond donors (Lipinski definition) is 2. The Morgan fingerprint density at radius 1 is 1.13 bits per heavy atom. The number of amides is 1. The number of nitrogens with one attached hydrogen (secondary N) is 2. The molecule has 1 aliphatic heterocycles. The van der Waals surface area contributed by atoms with Gasteiger partial charge in [-0.3, -0.25) is 14.7 Å². The van der Waals surface area contributed by atoms with Crippen LogP contribution >= 0.6 is 0 Å². The van der Waals surface area contributed by atoms with Crippen molar-refractivity contribution in [1.82, 2.24) is 25.6 Å². The van der Waals surface area contributed by atoms with Crippen molar-refractivity contribution in [1.29, 1.82) is 0 Å². The number of aliphatic imine (C=N–C) groups is 1. The lowest BCUT2D eigenvalue weighted by Gasteiger charge is -2.36. The lowest BCUT2D eigenvalue weighted by atomic mass is 10.1. The van der Waals surface area contributed by atoms with Crippen LogP contribution in [0.25, 0.3) is 0 Å². The van der Waals surface area contributed by atoms with Crippen molar-refractivity contribution < 1.29 is 9.32 Å². The van der Waals surface area contributed by atoms with Gasteiger partial charge in [-0.2, -0.15) is 0 Å². The molecule has 30 heavy (non-hydrogen) atoms. The third-order valence-corrected chi connectivity index (χ3v) is 5.24. The number of nitrogens with zero attached hydrogens (tertiary/aromatic N) is 4. The van der Waals surface area contributed by atoms with Gasteiger partial charge in [-0.1, -0.05) is 30.6 Å². The van der Waals surface area contributed by atoms with E-state index < -0.39 is 0 Å². The van der Waals surface area contributed by atoms with Crippen LogP contribution in [0, 0.1) is 0 Å². The Hall–Kier alpha value is -2.87. The molecular weight excluding hydrogens is 380 g/mol. The summed E-state index contributed by atoms with van der Waals surface area (Å²) < 4.78 is 4.91. The third-order valence-electron chi connectivity index (χ3n) is 5.24. The second-order valence-corrected chi connectivity index (χ2v) is 7.46. The molecule has 1 amide bonds. The molecule has 2 N–H and O–H groups in total. The SMILES string of the molecule is CCCCNC(=O)c1ccc(CNC(=NC)N2CCN(Cc3ccon3)CC2)cc1. The summed E-state index contributed by atoms with van der Waals surface area (Å²) in [6.45, 7) is 8.05. The summed E-state index contributed by atoms with van der Waals surface area (Å²) >= 11 is 0. The van der Waals surface area contributed by atoms with Gasteiger partial charge in [0.15, 0.2) is 5.96 Å². The normalized spacial score (nSPS) is 15.3. The van der Waals surface area contributed by atoms with Gasteiger partial charge in [-0.25, -0.2) is 0 Å². The molecule has 0 spiro atoms. The molecule has 2 aromatic rings. The van der Waals surface area contributed by atoms with Crippen molar-refractivity contribution in [2.75, 3.05) is 39.8 Å². The van der Waals surface area contributed by atoms with Crippen LogP contribution in [0.1, 0.15) is 41.4 Å². The molecule has 1 saturated heterocycles. The summed E-state index contributed by atoms with van der Waals surface area (Å²) in [5, 5.41) is 10.4. The van der Waals surface area contributed by atoms with E-state index in [1.54, 1.807) is 6.26 Å². The number of piperazine rings is 1. The van der Waals surface area contributed by atoms with Gasteiger partial charge in [0.25, 0.3) is 5.91 Å². The Morgan fingerprint density at radius 3 is 2.53 bits per heavy atom. The Labute approximate surface area is 178 Å². The second kappa shape index (κ2) is 11.3. The van der Waals surface area contributed by atoms with E-state index in [0.717, 1.165) is 69.3 Å². The second-order valence-electron chi connectivity index (χ2n) is 7.46. The first-order valence-electron chi connectivity index (χ1n) is 10.6. The van der Waals surface area contributed by atoms with Crippen LogP contribution in [0.15, 0.2) is 46.1 Å². The zero-order chi connectivity index (χ0) is 21.2. The Bertz CT molecular complexity index is 796. The molecule has 0 radical (unpaired) electrons. The van der Waals surface area contributed by atoms with Crippen molar-refractivity contribution in [3.8, 4) is 0 Å². The molecule has 162 valence electrons. The standard InChI is InChI=1S/C22H32N6O2/c1-3-4-10-24-21(29)19-7-5-18(6-8-19)16-25-22(23-2)28-13-11-27(12-14-28)17-20-9-15-30-26-20/h5-9,15H,3-4,10-14,16-17H2,1-2H3,(H,23,25)(H,24,29). The van der Waals surface area contributed by atoms with E-state index in [9.17, 15) is 4.79 Å². The summed E-state index contributed by atoms with van der Waals surface area (Å²) in [5.41, 5.74) is 2.78. The molecular formula is C22H32N6O2. The van der Waals surface area contributed by atoms with E-state index in [1.807, 2.05) is 37.4 Å². The average molecular weight is 413 g/mol. The zero-order valence-electron chi connectivity index (χ0n) is 17.9. The molecule has 0 aliphatic carbocycles. The number of guanidine groups is 1. The average Bonchev–Trinajstić information content (AvgIpc) is 3.29. The van der Waals surface area contributed by atoms with E-state index in [2.05, 4.69) is 37.5 Å². The molecule has 1 aromatic heterocycles. The van der Waals surface area contributed by atoms with Crippen LogP contribution in [0.5, 0.6) is 0 Å². The highest BCUT2D eigenvalue weighted by Crippen LogP contribution is 2.08. The summed E-state index contributed by atoms with van der Waals surface area (Å²) in [7, 11) is 1.81. The molecule has 0 unspecified atom stereocenters. The fraction of sp³-hybridized carbons (Fsp3) is 0.500. The minimum absolute atomic E-state index is 0.0118. The Morgan fingerprint density at radius 2 is 1.90 bits per heavy atom. The van der Waals surface area contributed by atoms with Gasteiger partial charge in [0, 0.05) is 64.5 Å². The first-order valence-corrected chi connectivity index (χ1v) is 10.6. The molecule has 2 heterocycles. The molecule has 1 fully saturated rings. The van der Waals surface area contributed by atoms with Crippen molar-refractivity contribution in [2.24, 2.45) is 4.99 Å². The van der Waals surface area contributed by atoms with Crippen molar-refractivity contribution >= 4 is 11.9 Å². The van der Waals surface area contributed by atoms with E-state index in [0.29, 0.717) is 12.1 Å². The van der Waals surface area contributed by atoms with Crippen LogP contribution in [0.2, 0.25) is 0 Å². The number of benzene rings is 1. The van der Waals surface area contributed by atoms with E-state index >= 15 is 0 Å². The first-order chi connectivity index (χ1) is 14.7. The van der Waals surface area contributed by atoms with Gasteiger partial charge in [0.1, 0.15) is 6.26 Å². The van der Waals surface area contributed by atoms with E-state index in [4.69, 9.17) is 4.52 Å². The maximum absolute atomic E-state index is 12.1. The van der Waals surface area contributed by atoms with Gasteiger partial charge >= 0.3 is 0 Å². The number of hydrogen-bond acceptors (Lipinski definition) is 5. The monoisotopic (exact) mass is 412 g/mol. The van der Waals surface area contributed by atoms with Gasteiger partial charge in [0.2, 0.25) is 0 Å². The predicted octanol–water partition coefficient (Wildman–Crippen LogP) is 2.10. The summed E-state index contributed by atoms with van der Waals surface area (Å²) in [5.74, 6) is 0.889. The summed E-state index contributed by atoms with van der Waals surface area (Å²) in [4.78, 5) is 21.2. The molecule has 0 saturated carbocycles. The molecule has 0 bridgehead atoms. The smallest absolute Gasteiger partial charge is 0.251 e. The fourth-order valence-corrected chi connectivity index (χ4v) is 3.43. The Balaban J connectivity index is 1.43. The summed E-state index contributed by atoms with van der Waals surface area (Å²) in [6.07, 6.45) is 3.69.